The van der Waals surface area contributed by atoms with E-state index in [0.29, 0.717) is 0 Å². The number of hydrogen-bond acceptors (Lipinski definition) is 1. The van der Waals surface area contributed by atoms with Crippen LogP contribution in [0.15, 0.2) is 24.9 Å². The molecule has 0 aromatic carbocycles. The normalized spacial score (nSPS) is 15.9. The summed E-state index contributed by atoms with van der Waals surface area (Å²) in [5.41, 5.74) is 4.89. The van der Waals surface area contributed by atoms with Crippen molar-refractivity contribution < 1.29 is 0 Å². The molecule has 0 saturated carbocycles. The lowest BCUT2D eigenvalue weighted by molar-refractivity contribution is 0.807. The number of hydrogen-bond donors (Lipinski definition) is 1. The SMILES string of the molecule is C=C1CCCc2[nH]c3ncccc3c21. The van der Waals surface area contributed by atoms with E-state index in [2.05, 4.69) is 22.6 Å². The minimum absolute atomic E-state index is 1.00. The molecule has 1 aliphatic rings. The number of rotatable bonds is 0. The molecule has 2 nitrogen and oxygen atoms in total. The van der Waals surface area contributed by atoms with Gasteiger partial charge in [0.1, 0.15) is 5.65 Å². The third-order valence-corrected chi connectivity index (χ3v) is 2.91. The monoisotopic (exact) mass is 184 g/mol. The van der Waals surface area contributed by atoms with Gasteiger partial charge in [0.25, 0.3) is 0 Å². The van der Waals surface area contributed by atoms with Crippen LogP contribution in [-0.4, -0.2) is 9.97 Å². The van der Waals surface area contributed by atoms with Gasteiger partial charge in [0, 0.05) is 22.8 Å². The Hall–Kier alpha value is -1.57. The Labute approximate surface area is 82.7 Å². The van der Waals surface area contributed by atoms with Crippen LogP contribution < -0.4 is 0 Å². The van der Waals surface area contributed by atoms with Gasteiger partial charge in [-0.15, -0.1) is 0 Å². The van der Waals surface area contributed by atoms with Crippen LogP contribution in [0.4, 0.5) is 0 Å². The molecule has 0 spiro atoms. The Balaban J connectivity index is 2.39. The number of allylic oxidation sites excluding steroid dienone is 1. The van der Waals surface area contributed by atoms with Gasteiger partial charge in [-0.1, -0.05) is 6.58 Å². The Morgan fingerprint density at radius 2 is 2.29 bits per heavy atom. The smallest absolute Gasteiger partial charge is 0.138 e. The fraction of sp³-hybridized carbons (Fsp3) is 0.250. The van der Waals surface area contributed by atoms with Crippen LogP contribution in [0.3, 0.4) is 0 Å². The molecule has 70 valence electrons. The van der Waals surface area contributed by atoms with Crippen LogP contribution in [0.1, 0.15) is 24.1 Å². The summed E-state index contributed by atoms with van der Waals surface area (Å²) in [6, 6.07) is 4.10. The lowest BCUT2D eigenvalue weighted by Gasteiger charge is -2.13. The largest absolute Gasteiger partial charge is 0.343 e. The van der Waals surface area contributed by atoms with Crippen molar-refractivity contribution in [2.75, 3.05) is 0 Å². The predicted octanol–water partition coefficient (Wildman–Crippen LogP) is 2.91. The third-order valence-electron chi connectivity index (χ3n) is 2.91. The zero-order valence-corrected chi connectivity index (χ0v) is 8.01. The average molecular weight is 184 g/mol. The van der Waals surface area contributed by atoms with Gasteiger partial charge in [-0.3, -0.25) is 0 Å². The van der Waals surface area contributed by atoms with Crippen molar-refractivity contribution in [1.82, 2.24) is 9.97 Å². The van der Waals surface area contributed by atoms with Gasteiger partial charge in [0.15, 0.2) is 0 Å². The van der Waals surface area contributed by atoms with Crippen molar-refractivity contribution in [3.63, 3.8) is 0 Å². The van der Waals surface area contributed by atoms with Crippen molar-refractivity contribution >= 4 is 16.6 Å². The first-order chi connectivity index (χ1) is 6.86. The van der Waals surface area contributed by atoms with Gasteiger partial charge >= 0.3 is 0 Å². The molecule has 0 bridgehead atoms. The Bertz CT molecular complexity index is 508. The van der Waals surface area contributed by atoms with Crippen LogP contribution >= 0.6 is 0 Å². The molecule has 0 amide bonds. The summed E-state index contributed by atoms with van der Waals surface area (Å²) in [6.07, 6.45) is 5.28. The molecule has 2 heterocycles. The molecule has 2 aromatic heterocycles. The number of nitrogens with one attached hydrogen (secondary N) is 1. The predicted molar refractivity (Wildman–Crippen MR) is 58.1 cm³/mol. The number of aromatic nitrogens is 2. The van der Waals surface area contributed by atoms with E-state index in [1.165, 1.54) is 28.6 Å². The van der Waals surface area contributed by atoms with Gasteiger partial charge in [0.05, 0.1) is 0 Å². The topological polar surface area (TPSA) is 28.7 Å². The van der Waals surface area contributed by atoms with E-state index < -0.39 is 0 Å². The fourth-order valence-corrected chi connectivity index (χ4v) is 2.27. The molecular weight excluding hydrogens is 172 g/mol. The average Bonchev–Trinajstić information content (AvgIpc) is 2.57. The highest BCUT2D eigenvalue weighted by Gasteiger charge is 2.17. The zero-order valence-electron chi connectivity index (χ0n) is 8.01. The van der Waals surface area contributed by atoms with Gasteiger partial charge in [-0.2, -0.15) is 0 Å². The quantitative estimate of drug-likeness (QED) is 0.670. The molecule has 0 atom stereocenters. The first-order valence-electron chi connectivity index (χ1n) is 5.00. The number of H-pyrrole nitrogens is 1. The zero-order chi connectivity index (χ0) is 9.54. The van der Waals surface area contributed by atoms with Crippen LogP contribution in [0.25, 0.3) is 16.6 Å². The second kappa shape index (κ2) is 2.71. The van der Waals surface area contributed by atoms with Gasteiger partial charge in [-0.25, -0.2) is 4.98 Å². The van der Waals surface area contributed by atoms with E-state index >= 15 is 0 Å². The molecule has 1 aliphatic carbocycles. The molecule has 0 radical (unpaired) electrons. The summed E-state index contributed by atoms with van der Waals surface area (Å²) in [4.78, 5) is 7.70. The first kappa shape index (κ1) is 7.80. The third kappa shape index (κ3) is 0.939. The lowest BCUT2D eigenvalue weighted by Crippen LogP contribution is -1.98. The van der Waals surface area contributed by atoms with E-state index in [1.807, 2.05) is 12.3 Å². The van der Waals surface area contributed by atoms with Crippen molar-refractivity contribution in [1.29, 1.82) is 0 Å². The Morgan fingerprint density at radius 1 is 1.36 bits per heavy atom. The molecule has 2 heteroatoms. The molecule has 1 N–H and O–H groups in total. The maximum Gasteiger partial charge on any atom is 0.138 e. The Morgan fingerprint density at radius 3 is 3.21 bits per heavy atom. The van der Waals surface area contributed by atoms with Gasteiger partial charge in [0.2, 0.25) is 0 Å². The minimum Gasteiger partial charge on any atom is -0.343 e. The molecule has 0 saturated heterocycles. The molecule has 0 aliphatic heterocycles. The highest BCUT2D eigenvalue weighted by atomic mass is 14.9. The van der Waals surface area contributed by atoms with E-state index in [9.17, 15) is 0 Å². The molecule has 0 fully saturated rings. The van der Waals surface area contributed by atoms with Crippen LogP contribution in [0.2, 0.25) is 0 Å². The van der Waals surface area contributed by atoms with Crippen molar-refractivity contribution in [2.45, 2.75) is 19.3 Å². The first-order valence-corrected chi connectivity index (χ1v) is 5.00. The number of nitrogens with zero attached hydrogens (tertiary/aromatic N) is 1. The van der Waals surface area contributed by atoms with E-state index in [-0.39, 0.29) is 0 Å². The fourth-order valence-electron chi connectivity index (χ4n) is 2.27. The molecule has 3 rings (SSSR count). The lowest BCUT2D eigenvalue weighted by atomic mass is 9.92. The summed E-state index contributed by atoms with van der Waals surface area (Å²) in [5, 5.41) is 1.23. The van der Waals surface area contributed by atoms with E-state index in [0.717, 1.165) is 18.5 Å². The molecular formula is C12H12N2. The highest BCUT2D eigenvalue weighted by Crippen LogP contribution is 2.34. The summed E-state index contributed by atoms with van der Waals surface area (Å²) < 4.78 is 0. The van der Waals surface area contributed by atoms with Gasteiger partial charge in [-0.05, 0) is 37.0 Å². The van der Waals surface area contributed by atoms with Crippen LogP contribution in [0, 0.1) is 0 Å². The standard InChI is InChI=1S/C12H12N2/c1-8-4-2-6-10-11(8)9-5-3-7-13-12(9)14-10/h3,5,7H,1-2,4,6H2,(H,13,14). The van der Waals surface area contributed by atoms with Crippen molar-refractivity contribution in [2.24, 2.45) is 0 Å². The molecule has 14 heavy (non-hydrogen) atoms. The number of fused-ring (bicyclic) bond motifs is 3. The van der Waals surface area contributed by atoms with Crippen LogP contribution in [-0.2, 0) is 6.42 Å². The van der Waals surface area contributed by atoms with Gasteiger partial charge < -0.3 is 4.98 Å². The number of aryl methyl sites for hydroxylation is 1. The maximum atomic E-state index is 4.32. The summed E-state index contributed by atoms with van der Waals surface area (Å²) in [6.45, 7) is 4.13. The molecule has 2 aromatic rings. The second-order valence-electron chi connectivity index (χ2n) is 3.84. The number of pyridine rings is 1. The van der Waals surface area contributed by atoms with Crippen LogP contribution in [0.5, 0.6) is 0 Å². The summed E-state index contributed by atoms with van der Waals surface area (Å²) in [7, 11) is 0. The molecule has 0 unspecified atom stereocenters. The highest BCUT2D eigenvalue weighted by molar-refractivity contribution is 5.92. The van der Waals surface area contributed by atoms with Crippen molar-refractivity contribution in [3.8, 4) is 0 Å². The Kier molecular flexibility index (Phi) is 1.51. The van der Waals surface area contributed by atoms with E-state index in [1.54, 1.807) is 0 Å². The van der Waals surface area contributed by atoms with Crippen molar-refractivity contribution in [3.05, 3.63) is 36.2 Å². The summed E-state index contributed by atoms with van der Waals surface area (Å²) in [5.74, 6) is 0. The minimum atomic E-state index is 1.00. The number of aromatic amines is 1. The summed E-state index contributed by atoms with van der Waals surface area (Å²) >= 11 is 0. The van der Waals surface area contributed by atoms with E-state index in [4.69, 9.17) is 0 Å². The second-order valence-corrected chi connectivity index (χ2v) is 3.84. The maximum absolute atomic E-state index is 4.32.